The topological polar surface area (TPSA) is 68.2 Å². The minimum atomic E-state index is 0.505. The minimum Gasteiger partial charge on any atom is -0.329 e. The summed E-state index contributed by atoms with van der Waals surface area (Å²) in [5.74, 6) is 0. The van der Waals surface area contributed by atoms with E-state index < -0.39 is 0 Å². The zero-order valence-corrected chi connectivity index (χ0v) is 5.82. The van der Waals surface area contributed by atoms with Crippen LogP contribution in [0.1, 0.15) is 0 Å². The first kappa shape index (κ1) is 7.01. The normalized spacial score (nSPS) is 9.80. The molecule has 5 heteroatoms. The largest absolute Gasteiger partial charge is 0.329 e. The number of rotatable bonds is 3. The van der Waals surface area contributed by atoms with Crippen LogP contribution in [0.25, 0.3) is 0 Å². The SMILES string of the molecule is CN(CCN)c1ncno1. The van der Waals surface area contributed by atoms with Crippen LogP contribution >= 0.6 is 0 Å². The molecule has 0 unspecified atom stereocenters. The van der Waals surface area contributed by atoms with Gasteiger partial charge in [-0.3, -0.25) is 0 Å². The van der Waals surface area contributed by atoms with Crippen molar-refractivity contribution >= 4 is 6.01 Å². The first-order valence-electron chi connectivity index (χ1n) is 3.02. The highest BCUT2D eigenvalue weighted by Crippen LogP contribution is 2.02. The third-order valence-corrected chi connectivity index (χ3v) is 1.14. The van der Waals surface area contributed by atoms with Crippen LogP contribution in [0.4, 0.5) is 6.01 Å². The summed E-state index contributed by atoms with van der Waals surface area (Å²) in [6.45, 7) is 1.31. The lowest BCUT2D eigenvalue weighted by Crippen LogP contribution is -2.25. The van der Waals surface area contributed by atoms with Gasteiger partial charge in [0, 0.05) is 20.1 Å². The van der Waals surface area contributed by atoms with Crippen LogP contribution in [-0.2, 0) is 0 Å². The Morgan fingerprint density at radius 2 is 2.60 bits per heavy atom. The molecule has 1 rings (SSSR count). The van der Waals surface area contributed by atoms with Gasteiger partial charge in [-0.2, -0.15) is 4.98 Å². The first-order valence-corrected chi connectivity index (χ1v) is 3.02. The molecular weight excluding hydrogens is 132 g/mol. The van der Waals surface area contributed by atoms with Crippen molar-refractivity contribution in [2.24, 2.45) is 5.73 Å². The summed E-state index contributed by atoms with van der Waals surface area (Å²) >= 11 is 0. The Labute approximate surface area is 58.8 Å². The fraction of sp³-hybridized carbons (Fsp3) is 0.600. The van der Waals surface area contributed by atoms with E-state index in [2.05, 4.69) is 10.1 Å². The van der Waals surface area contributed by atoms with E-state index in [1.54, 1.807) is 4.90 Å². The van der Waals surface area contributed by atoms with Gasteiger partial charge in [0.1, 0.15) is 0 Å². The Morgan fingerprint density at radius 1 is 1.80 bits per heavy atom. The third kappa shape index (κ3) is 1.44. The van der Waals surface area contributed by atoms with Crippen LogP contribution in [0.2, 0.25) is 0 Å². The van der Waals surface area contributed by atoms with Gasteiger partial charge in [0.15, 0.2) is 6.33 Å². The molecule has 5 nitrogen and oxygen atoms in total. The number of likely N-dealkylation sites (N-methyl/N-ethyl adjacent to an activating group) is 1. The van der Waals surface area contributed by atoms with E-state index in [1.807, 2.05) is 7.05 Å². The molecule has 0 amide bonds. The van der Waals surface area contributed by atoms with Crippen molar-refractivity contribution in [3.05, 3.63) is 6.33 Å². The Bertz CT molecular complexity index is 174. The number of hydrogen-bond acceptors (Lipinski definition) is 5. The molecular formula is C5H10N4O. The monoisotopic (exact) mass is 142 g/mol. The third-order valence-electron chi connectivity index (χ3n) is 1.14. The summed E-state index contributed by atoms with van der Waals surface area (Å²) < 4.78 is 4.76. The van der Waals surface area contributed by atoms with E-state index in [4.69, 9.17) is 10.3 Å². The van der Waals surface area contributed by atoms with Crippen LogP contribution in [0.15, 0.2) is 10.9 Å². The highest BCUT2D eigenvalue weighted by Gasteiger charge is 2.02. The fourth-order valence-corrected chi connectivity index (χ4v) is 0.625. The van der Waals surface area contributed by atoms with Gasteiger partial charge in [-0.25, -0.2) is 0 Å². The van der Waals surface area contributed by atoms with Crippen molar-refractivity contribution < 1.29 is 4.52 Å². The number of anilines is 1. The van der Waals surface area contributed by atoms with E-state index in [0.717, 1.165) is 6.54 Å². The summed E-state index contributed by atoms with van der Waals surface area (Å²) in [7, 11) is 1.85. The molecule has 0 aromatic carbocycles. The minimum absolute atomic E-state index is 0.505. The van der Waals surface area contributed by atoms with Crippen molar-refractivity contribution in [3.63, 3.8) is 0 Å². The standard InChI is InChI=1S/C5H10N4O/c1-9(3-2-6)5-7-4-8-10-5/h4H,2-3,6H2,1H3. The molecule has 1 aromatic rings. The molecule has 56 valence electrons. The van der Waals surface area contributed by atoms with Gasteiger partial charge in [0.2, 0.25) is 0 Å². The first-order chi connectivity index (χ1) is 4.84. The van der Waals surface area contributed by atoms with E-state index in [0.29, 0.717) is 12.6 Å². The zero-order valence-electron chi connectivity index (χ0n) is 5.82. The molecule has 1 aromatic heterocycles. The quantitative estimate of drug-likeness (QED) is 0.614. The summed E-state index contributed by atoms with van der Waals surface area (Å²) in [5, 5.41) is 3.46. The molecule has 1 heterocycles. The van der Waals surface area contributed by atoms with Crippen LogP contribution in [-0.4, -0.2) is 30.3 Å². The molecule has 0 atom stereocenters. The Hall–Kier alpha value is -1.10. The molecule has 0 fully saturated rings. The van der Waals surface area contributed by atoms with Crippen molar-refractivity contribution in [1.29, 1.82) is 0 Å². The second-order valence-electron chi connectivity index (χ2n) is 1.93. The number of aromatic nitrogens is 2. The molecule has 0 bridgehead atoms. The van der Waals surface area contributed by atoms with Gasteiger partial charge in [0.25, 0.3) is 0 Å². The summed E-state index contributed by atoms with van der Waals surface area (Å²) in [4.78, 5) is 5.63. The molecule has 0 aliphatic rings. The zero-order chi connectivity index (χ0) is 7.40. The predicted octanol–water partition coefficient (Wildman–Crippen LogP) is -0.536. The smallest absolute Gasteiger partial charge is 0.323 e. The maximum atomic E-state index is 5.30. The highest BCUT2D eigenvalue weighted by atomic mass is 16.5. The second-order valence-corrected chi connectivity index (χ2v) is 1.93. The Balaban J connectivity index is 2.50. The molecule has 0 saturated carbocycles. The van der Waals surface area contributed by atoms with Gasteiger partial charge in [0.05, 0.1) is 0 Å². The van der Waals surface area contributed by atoms with Crippen molar-refractivity contribution in [1.82, 2.24) is 10.1 Å². The van der Waals surface area contributed by atoms with Crippen LogP contribution in [0.5, 0.6) is 0 Å². The van der Waals surface area contributed by atoms with Gasteiger partial charge < -0.3 is 15.2 Å². The Morgan fingerprint density at radius 3 is 3.10 bits per heavy atom. The van der Waals surface area contributed by atoms with Crippen molar-refractivity contribution in [3.8, 4) is 0 Å². The van der Waals surface area contributed by atoms with Crippen molar-refractivity contribution in [2.45, 2.75) is 0 Å². The van der Waals surface area contributed by atoms with E-state index >= 15 is 0 Å². The summed E-state index contributed by atoms with van der Waals surface area (Å²) in [5.41, 5.74) is 5.30. The summed E-state index contributed by atoms with van der Waals surface area (Å²) in [6.07, 6.45) is 1.36. The molecule has 0 radical (unpaired) electrons. The molecule has 10 heavy (non-hydrogen) atoms. The van der Waals surface area contributed by atoms with Crippen LogP contribution < -0.4 is 10.6 Å². The molecule has 0 spiro atoms. The van der Waals surface area contributed by atoms with Gasteiger partial charge in [-0.05, 0) is 0 Å². The van der Waals surface area contributed by atoms with E-state index in [1.165, 1.54) is 6.33 Å². The lowest BCUT2D eigenvalue weighted by atomic mass is 10.6. The van der Waals surface area contributed by atoms with Crippen molar-refractivity contribution in [2.75, 3.05) is 25.0 Å². The van der Waals surface area contributed by atoms with Gasteiger partial charge >= 0.3 is 6.01 Å². The predicted molar refractivity (Wildman–Crippen MR) is 36.6 cm³/mol. The van der Waals surface area contributed by atoms with Crippen LogP contribution in [0.3, 0.4) is 0 Å². The number of nitrogens with two attached hydrogens (primary N) is 1. The maximum absolute atomic E-state index is 5.30. The molecule has 0 aliphatic carbocycles. The lowest BCUT2D eigenvalue weighted by Gasteiger charge is -2.10. The molecule has 0 aliphatic heterocycles. The van der Waals surface area contributed by atoms with E-state index in [-0.39, 0.29) is 0 Å². The molecule has 0 saturated heterocycles. The fourth-order valence-electron chi connectivity index (χ4n) is 0.625. The lowest BCUT2D eigenvalue weighted by molar-refractivity contribution is 0.417. The number of hydrogen-bond donors (Lipinski definition) is 1. The van der Waals surface area contributed by atoms with Gasteiger partial charge in [-0.1, -0.05) is 5.16 Å². The summed E-state index contributed by atoms with van der Waals surface area (Å²) in [6, 6.07) is 0.505. The Kier molecular flexibility index (Phi) is 2.22. The molecule has 2 N–H and O–H groups in total. The maximum Gasteiger partial charge on any atom is 0.323 e. The van der Waals surface area contributed by atoms with E-state index in [9.17, 15) is 0 Å². The van der Waals surface area contributed by atoms with Crippen LogP contribution in [0, 0.1) is 0 Å². The van der Waals surface area contributed by atoms with Gasteiger partial charge in [-0.15, -0.1) is 0 Å². The average Bonchev–Trinajstić information content (AvgIpc) is 2.38. The second kappa shape index (κ2) is 3.17. The number of nitrogens with zero attached hydrogens (tertiary/aromatic N) is 3. The highest BCUT2D eigenvalue weighted by molar-refractivity contribution is 5.20. The average molecular weight is 142 g/mol.